The third kappa shape index (κ3) is 2.46. The number of primary amides is 1. The molecule has 1 aromatic rings. The Morgan fingerprint density at radius 3 is 2.79 bits per heavy atom. The van der Waals surface area contributed by atoms with E-state index in [-0.39, 0.29) is 5.91 Å². The number of hydrogen-bond donors (Lipinski definition) is 3. The molecule has 4 N–H and O–H groups in total. The van der Waals surface area contributed by atoms with Crippen molar-refractivity contribution in [1.29, 1.82) is 0 Å². The van der Waals surface area contributed by atoms with Crippen LogP contribution in [0.1, 0.15) is 22.2 Å². The lowest BCUT2D eigenvalue weighted by atomic mass is 10.2. The lowest BCUT2D eigenvalue weighted by Crippen LogP contribution is -2.44. The Balaban J connectivity index is 2.64. The van der Waals surface area contributed by atoms with E-state index in [9.17, 15) is 9.59 Å². The summed E-state index contributed by atoms with van der Waals surface area (Å²) in [5.41, 5.74) is 10.00. The van der Waals surface area contributed by atoms with Crippen molar-refractivity contribution in [2.45, 2.75) is 13.3 Å². The fourth-order valence-electron chi connectivity index (χ4n) is 0.988. The molecule has 0 fully saturated rings. The Morgan fingerprint density at radius 1 is 1.50 bits per heavy atom. The topological polar surface area (TPSA) is 84.2 Å². The number of thiophene rings is 1. The Bertz CT molecular complexity index is 348. The molecule has 1 aromatic heterocycles. The number of hydrazine groups is 1. The summed E-state index contributed by atoms with van der Waals surface area (Å²) in [7, 11) is 0. The fraction of sp³-hybridized carbons (Fsp3) is 0.250. The SMILES string of the molecule is CCc1ccsc1C(=O)NNC(N)=O. The van der Waals surface area contributed by atoms with Gasteiger partial charge in [0.05, 0.1) is 4.88 Å². The molecule has 0 atom stereocenters. The summed E-state index contributed by atoms with van der Waals surface area (Å²) >= 11 is 1.33. The van der Waals surface area contributed by atoms with Gasteiger partial charge < -0.3 is 5.73 Å². The van der Waals surface area contributed by atoms with Gasteiger partial charge in [-0.25, -0.2) is 10.2 Å². The molecule has 1 heterocycles. The van der Waals surface area contributed by atoms with Gasteiger partial charge in [0.25, 0.3) is 5.91 Å². The van der Waals surface area contributed by atoms with Crippen molar-refractivity contribution in [2.75, 3.05) is 0 Å². The first-order valence-corrected chi connectivity index (χ1v) is 4.95. The molecule has 3 amide bonds. The standard InChI is InChI=1S/C8H11N3O2S/c1-2-5-3-4-14-6(5)7(12)10-11-8(9)13/h3-4H,2H2,1H3,(H,10,12)(H3,9,11,13). The maximum atomic E-state index is 11.4. The lowest BCUT2D eigenvalue weighted by Gasteiger charge is -2.03. The second kappa shape index (κ2) is 4.61. The van der Waals surface area contributed by atoms with Crippen LogP contribution in [-0.2, 0) is 6.42 Å². The van der Waals surface area contributed by atoms with Gasteiger partial charge in [0.1, 0.15) is 0 Å². The van der Waals surface area contributed by atoms with E-state index in [4.69, 9.17) is 5.73 Å². The maximum Gasteiger partial charge on any atom is 0.330 e. The van der Waals surface area contributed by atoms with Crippen LogP contribution in [-0.4, -0.2) is 11.9 Å². The summed E-state index contributed by atoms with van der Waals surface area (Å²) in [4.78, 5) is 22.3. The lowest BCUT2D eigenvalue weighted by molar-refractivity contribution is 0.0940. The van der Waals surface area contributed by atoms with Crippen LogP contribution in [0.5, 0.6) is 0 Å². The van der Waals surface area contributed by atoms with Crippen LogP contribution < -0.4 is 16.6 Å². The Labute approximate surface area is 85.3 Å². The van der Waals surface area contributed by atoms with Gasteiger partial charge in [-0.05, 0) is 23.4 Å². The van der Waals surface area contributed by atoms with E-state index in [1.54, 1.807) is 0 Å². The van der Waals surface area contributed by atoms with E-state index in [0.717, 1.165) is 12.0 Å². The molecule has 1 rings (SSSR count). The highest BCUT2D eigenvalue weighted by Gasteiger charge is 2.11. The summed E-state index contributed by atoms with van der Waals surface area (Å²) in [5.74, 6) is -0.337. The van der Waals surface area contributed by atoms with E-state index in [0.29, 0.717) is 4.88 Å². The molecule has 0 unspecified atom stereocenters. The van der Waals surface area contributed by atoms with E-state index >= 15 is 0 Å². The number of nitrogens with one attached hydrogen (secondary N) is 2. The van der Waals surface area contributed by atoms with Crippen LogP contribution in [0.25, 0.3) is 0 Å². The van der Waals surface area contributed by atoms with Gasteiger partial charge in [0.15, 0.2) is 0 Å². The maximum absolute atomic E-state index is 11.4. The van der Waals surface area contributed by atoms with Crippen LogP contribution in [0, 0.1) is 0 Å². The number of urea groups is 1. The molecule has 0 bridgehead atoms. The molecule has 5 nitrogen and oxygen atoms in total. The molecule has 0 saturated heterocycles. The highest BCUT2D eigenvalue weighted by Crippen LogP contribution is 2.16. The number of nitrogens with two attached hydrogens (primary N) is 1. The van der Waals surface area contributed by atoms with E-state index in [1.807, 2.05) is 23.8 Å². The van der Waals surface area contributed by atoms with Crippen molar-refractivity contribution < 1.29 is 9.59 Å². The second-order valence-corrected chi connectivity index (χ2v) is 3.49. The van der Waals surface area contributed by atoms with Gasteiger partial charge in [-0.2, -0.15) is 0 Å². The zero-order valence-corrected chi connectivity index (χ0v) is 8.48. The van der Waals surface area contributed by atoms with Crippen molar-refractivity contribution >= 4 is 23.3 Å². The van der Waals surface area contributed by atoms with Gasteiger partial charge in [-0.15, -0.1) is 11.3 Å². The van der Waals surface area contributed by atoms with Crippen molar-refractivity contribution in [3.8, 4) is 0 Å². The zero-order valence-electron chi connectivity index (χ0n) is 7.66. The van der Waals surface area contributed by atoms with Gasteiger partial charge in [-0.1, -0.05) is 6.92 Å². The first kappa shape index (κ1) is 10.5. The van der Waals surface area contributed by atoms with E-state index in [2.05, 4.69) is 5.43 Å². The van der Waals surface area contributed by atoms with Gasteiger partial charge >= 0.3 is 6.03 Å². The van der Waals surface area contributed by atoms with Gasteiger partial charge in [0, 0.05) is 0 Å². The van der Waals surface area contributed by atoms with Gasteiger partial charge in [-0.3, -0.25) is 10.2 Å². The van der Waals surface area contributed by atoms with Crippen LogP contribution in [0.15, 0.2) is 11.4 Å². The van der Waals surface area contributed by atoms with Crippen molar-refractivity contribution in [3.63, 3.8) is 0 Å². The molecule has 0 saturated carbocycles. The minimum atomic E-state index is -0.784. The Morgan fingerprint density at radius 2 is 2.21 bits per heavy atom. The molecule has 0 aromatic carbocycles. The summed E-state index contributed by atoms with van der Waals surface area (Å²) in [6.07, 6.45) is 0.781. The van der Waals surface area contributed by atoms with Gasteiger partial charge in [0.2, 0.25) is 0 Å². The molecule has 0 radical (unpaired) electrons. The van der Waals surface area contributed by atoms with Crippen LogP contribution >= 0.6 is 11.3 Å². The van der Waals surface area contributed by atoms with E-state index in [1.165, 1.54) is 11.3 Å². The molecule has 0 aliphatic carbocycles. The molecule has 6 heteroatoms. The first-order chi connectivity index (χ1) is 6.65. The number of carbonyl (C=O) groups is 2. The van der Waals surface area contributed by atoms with Crippen molar-refractivity contribution in [2.24, 2.45) is 5.73 Å². The van der Waals surface area contributed by atoms with Crippen LogP contribution in [0.3, 0.4) is 0 Å². The normalized spacial score (nSPS) is 9.50. The average molecular weight is 213 g/mol. The summed E-state index contributed by atoms with van der Waals surface area (Å²) in [5, 5.41) is 1.83. The fourth-order valence-corrected chi connectivity index (χ4v) is 1.88. The largest absolute Gasteiger partial charge is 0.350 e. The molecular weight excluding hydrogens is 202 g/mol. The first-order valence-electron chi connectivity index (χ1n) is 4.07. The number of carbonyl (C=O) groups excluding carboxylic acids is 2. The molecule has 14 heavy (non-hydrogen) atoms. The highest BCUT2D eigenvalue weighted by molar-refractivity contribution is 7.12. The number of aryl methyl sites for hydroxylation is 1. The summed E-state index contributed by atoms with van der Waals surface area (Å²) in [6.45, 7) is 1.96. The second-order valence-electron chi connectivity index (χ2n) is 2.57. The molecule has 0 aliphatic heterocycles. The summed E-state index contributed by atoms with van der Waals surface area (Å²) in [6, 6.07) is 1.09. The minimum Gasteiger partial charge on any atom is -0.350 e. The quantitative estimate of drug-likeness (QED) is 0.629. The predicted molar refractivity (Wildman–Crippen MR) is 53.9 cm³/mol. The highest BCUT2D eigenvalue weighted by atomic mass is 32.1. The number of amides is 3. The molecule has 0 spiro atoms. The number of hydrogen-bond acceptors (Lipinski definition) is 3. The van der Waals surface area contributed by atoms with Crippen LogP contribution in [0.2, 0.25) is 0 Å². The summed E-state index contributed by atoms with van der Waals surface area (Å²) < 4.78 is 0. The monoisotopic (exact) mass is 213 g/mol. The third-order valence-corrected chi connectivity index (χ3v) is 2.59. The zero-order chi connectivity index (χ0) is 10.6. The minimum absolute atomic E-state index is 0.337. The van der Waals surface area contributed by atoms with Crippen molar-refractivity contribution in [3.05, 3.63) is 21.9 Å². The molecular formula is C8H11N3O2S. The smallest absolute Gasteiger partial charge is 0.330 e. The average Bonchev–Trinajstić information content (AvgIpc) is 2.61. The Hall–Kier alpha value is -1.56. The van der Waals surface area contributed by atoms with E-state index < -0.39 is 6.03 Å². The molecule has 76 valence electrons. The van der Waals surface area contributed by atoms with Crippen LogP contribution in [0.4, 0.5) is 4.79 Å². The third-order valence-electron chi connectivity index (χ3n) is 1.63. The Kier molecular flexibility index (Phi) is 3.47. The number of rotatable bonds is 2. The van der Waals surface area contributed by atoms with Crippen molar-refractivity contribution in [1.82, 2.24) is 10.9 Å². The predicted octanol–water partition coefficient (Wildman–Crippen LogP) is 0.624. The molecule has 0 aliphatic rings.